The summed E-state index contributed by atoms with van der Waals surface area (Å²) in [6, 6.07) is 15.5. The summed E-state index contributed by atoms with van der Waals surface area (Å²) < 4.78 is 0. The molecule has 2 amide bonds. The largest absolute Gasteiger partial charge is 0.362 e. The standard InChI is InChI=1S/C22H25N3O2/c26-21(16-25-14-6-9-17-7-1-2-11-20(17)25)23-19-10-5-8-18(15-19)22(27)24-12-3-4-13-24/h1-2,5,7-8,10-11,15H,3-4,6,9,12-14,16H2,(H,23,26). The molecular formula is C22H25N3O2. The van der Waals surface area contributed by atoms with Crippen molar-refractivity contribution in [2.24, 2.45) is 0 Å². The second-order valence-electron chi connectivity index (χ2n) is 7.28. The quantitative estimate of drug-likeness (QED) is 0.907. The van der Waals surface area contributed by atoms with Gasteiger partial charge in [-0.1, -0.05) is 24.3 Å². The second kappa shape index (κ2) is 7.82. The van der Waals surface area contributed by atoms with Crippen molar-refractivity contribution in [2.75, 3.05) is 36.4 Å². The Morgan fingerprint density at radius 2 is 1.74 bits per heavy atom. The molecular weight excluding hydrogens is 338 g/mol. The van der Waals surface area contributed by atoms with E-state index in [0.717, 1.165) is 51.0 Å². The number of fused-ring (bicyclic) bond motifs is 1. The van der Waals surface area contributed by atoms with Gasteiger partial charge in [-0.05, 0) is 55.5 Å². The lowest BCUT2D eigenvalue weighted by Crippen LogP contribution is -2.36. The lowest BCUT2D eigenvalue weighted by molar-refractivity contribution is -0.115. The molecule has 0 spiro atoms. The van der Waals surface area contributed by atoms with Crippen LogP contribution in [0.5, 0.6) is 0 Å². The molecule has 1 saturated heterocycles. The molecule has 5 nitrogen and oxygen atoms in total. The SMILES string of the molecule is O=C(CN1CCCc2ccccc21)Nc1cccc(C(=O)N2CCCC2)c1. The zero-order valence-corrected chi connectivity index (χ0v) is 15.5. The van der Waals surface area contributed by atoms with Gasteiger partial charge in [0.15, 0.2) is 0 Å². The maximum absolute atomic E-state index is 12.6. The van der Waals surface area contributed by atoms with E-state index in [2.05, 4.69) is 22.3 Å². The van der Waals surface area contributed by atoms with Crippen molar-refractivity contribution in [2.45, 2.75) is 25.7 Å². The van der Waals surface area contributed by atoms with Gasteiger partial charge in [0.25, 0.3) is 5.91 Å². The molecule has 5 heteroatoms. The van der Waals surface area contributed by atoms with E-state index < -0.39 is 0 Å². The van der Waals surface area contributed by atoms with Gasteiger partial charge in [-0.2, -0.15) is 0 Å². The first kappa shape index (κ1) is 17.6. The predicted octanol–water partition coefficient (Wildman–Crippen LogP) is 3.31. The fraction of sp³-hybridized carbons (Fsp3) is 0.364. The molecule has 2 aromatic carbocycles. The Morgan fingerprint density at radius 3 is 2.59 bits per heavy atom. The number of anilines is 2. The lowest BCUT2D eigenvalue weighted by Gasteiger charge is -2.30. The van der Waals surface area contributed by atoms with Crippen molar-refractivity contribution >= 4 is 23.2 Å². The molecule has 2 heterocycles. The van der Waals surface area contributed by atoms with Crippen LogP contribution in [0.25, 0.3) is 0 Å². The fourth-order valence-corrected chi connectivity index (χ4v) is 3.98. The number of nitrogens with zero attached hydrogens (tertiary/aromatic N) is 2. The Balaban J connectivity index is 1.42. The third-order valence-electron chi connectivity index (χ3n) is 5.33. The highest BCUT2D eigenvalue weighted by Gasteiger charge is 2.21. The van der Waals surface area contributed by atoms with Gasteiger partial charge < -0.3 is 15.1 Å². The van der Waals surface area contributed by atoms with Crippen molar-refractivity contribution in [1.82, 2.24) is 4.90 Å². The maximum Gasteiger partial charge on any atom is 0.253 e. The summed E-state index contributed by atoms with van der Waals surface area (Å²) in [6.45, 7) is 2.85. The minimum Gasteiger partial charge on any atom is -0.362 e. The van der Waals surface area contributed by atoms with Crippen molar-refractivity contribution in [3.05, 3.63) is 59.7 Å². The van der Waals surface area contributed by atoms with Gasteiger partial charge in [-0.15, -0.1) is 0 Å². The van der Waals surface area contributed by atoms with Crippen LogP contribution < -0.4 is 10.2 Å². The van der Waals surface area contributed by atoms with Crippen LogP contribution in [-0.2, 0) is 11.2 Å². The molecule has 0 atom stereocenters. The highest BCUT2D eigenvalue weighted by molar-refractivity contribution is 5.98. The van der Waals surface area contributed by atoms with E-state index in [0.29, 0.717) is 17.8 Å². The number of aryl methyl sites for hydroxylation is 1. The second-order valence-corrected chi connectivity index (χ2v) is 7.28. The van der Waals surface area contributed by atoms with Crippen LogP contribution in [0.2, 0.25) is 0 Å². The van der Waals surface area contributed by atoms with E-state index in [1.807, 2.05) is 35.2 Å². The normalized spacial score (nSPS) is 16.1. The number of benzene rings is 2. The van der Waals surface area contributed by atoms with Gasteiger partial charge in [0.05, 0.1) is 6.54 Å². The number of nitrogens with one attached hydrogen (secondary N) is 1. The summed E-state index contributed by atoms with van der Waals surface area (Å²) in [5, 5.41) is 2.95. The van der Waals surface area contributed by atoms with Crippen molar-refractivity contribution in [1.29, 1.82) is 0 Å². The topological polar surface area (TPSA) is 52.7 Å². The Kier molecular flexibility index (Phi) is 5.10. The molecule has 0 aromatic heterocycles. The number of amides is 2. The molecule has 0 bridgehead atoms. The minimum atomic E-state index is -0.0579. The van der Waals surface area contributed by atoms with Crippen LogP contribution in [-0.4, -0.2) is 42.9 Å². The summed E-state index contributed by atoms with van der Waals surface area (Å²) in [5.74, 6) is -0.00830. The molecule has 0 radical (unpaired) electrons. The monoisotopic (exact) mass is 363 g/mol. The predicted molar refractivity (Wildman–Crippen MR) is 107 cm³/mol. The van der Waals surface area contributed by atoms with Crippen LogP contribution in [0.4, 0.5) is 11.4 Å². The summed E-state index contributed by atoms with van der Waals surface area (Å²) in [7, 11) is 0. The van der Waals surface area contributed by atoms with Crippen molar-refractivity contribution in [3.63, 3.8) is 0 Å². The molecule has 1 N–H and O–H groups in total. The first-order valence-corrected chi connectivity index (χ1v) is 9.73. The summed E-state index contributed by atoms with van der Waals surface area (Å²) >= 11 is 0. The van der Waals surface area contributed by atoms with Gasteiger partial charge in [0.1, 0.15) is 0 Å². The molecule has 0 aliphatic carbocycles. The number of carbonyl (C=O) groups excluding carboxylic acids is 2. The van der Waals surface area contributed by atoms with Crippen LogP contribution in [0.3, 0.4) is 0 Å². The zero-order chi connectivity index (χ0) is 18.6. The molecule has 1 fully saturated rings. The summed E-state index contributed by atoms with van der Waals surface area (Å²) in [6.07, 6.45) is 4.26. The number of rotatable bonds is 4. The number of carbonyl (C=O) groups is 2. The van der Waals surface area contributed by atoms with Crippen molar-refractivity contribution in [3.8, 4) is 0 Å². The summed E-state index contributed by atoms with van der Waals surface area (Å²) in [5.41, 5.74) is 3.76. The van der Waals surface area contributed by atoms with Gasteiger partial charge >= 0.3 is 0 Å². The van der Waals surface area contributed by atoms with Gasteiger partial charge in [0.2, 0.25) is 5.91 Å². The van der Waals surface area contributed by atoms with E-state index in [4.69, 9.17) is 0 Å². The highest BCUT2D eigenvalue weighted by atomic mass is 16.2. The third-order valence-corrected chi connectivity index (χ3v) is 5.33. The number of hydrogen-bond acceptors (Lipinski definition) is 3. The first-order chi connectivity index (χ1) is 13.2. The van der Waals surface area contributed by atoms with E-state index in [-0.39, 0.29) is 11.8 Å². The molecule has 0 saturated carbocycles. The molecule has 4 rings (SSSR count). The number of hydrogen-bond donors (Lipinski definition) is 1. The minimum absolute atomic E-state index is 0.0496. The molecule has 2 aromatic rings. The molecule has 27 heavy (non-hydrogen) atoms. The Morgan fingerprint density at radius 1 is 0.926 bits per heavy atom. The smallest absolute Gasteiger partial charge is 0.253 e. The van der Waals surface area contributed by atoms with Crippen LogP contribution in [0.15, 0.2) is 48.5 Å². The van der Waals surface area contributed by atoms with Gasteiger partial charge in [0, 0.05) is 36.6 Å². The van der Waals surface area contributed by atoms with Gasteiger partial charge in [-0.25, -0.2) is 0 Å². The van der Waals surface area contributed by atoms with E-state index in [1.54, 1.807) is 6.07 Å². The average molecular weight is 363 g/mol. The van der Waals surface area contributed by atoms with Gasteiger partial charge in [-0.3, -0.25) is 9.59 Å². The highest BCUT2D eigenvalue weighted by Crippen LogP contribution is 2.26. The number of likely N-dealkylation sites (tertiary alicyclic amines) is 1. The molecule has 2 aliphatic rings. The van der Waals surface area contributed by atoms with Crippen molar-refractivity contribution < 1.29 is 9.59 Å². The molecule has 0 unspecified atom stereocenters. The summed E-state index contributed by atoms with van der Waals surface area (Å²) in [4.78, 5) is 29.1. The maximum atomic E-state index is 12.6. The van der Waals surface area contributed by atoms with Crippen LogP contribution in [0, 0.1) is 0 Å². The van der Waals surface area contributed by atoms with Crippen LogP contribution in [0.1, 0.15) is 35.2 Å². The Labute approximate surface area is 160 Å². The Hall–Kier alpha value is -2.82. The first-order valence-electron chi connectivity index (χ1n) is 9.73. The Bertz CT molecular complexity index is 843. The zero-order valence-electron chi connectivity index (χ0n) is 15.5. The lowest BCUT2D eigenvalue weighted by atomic mass is 10.0. The van der Waals surface area contributed by atoms with Crippen LogP contribution >= 0.6 is 0 Å². The fourth-order valence-electron chi connectivity index (χ4n) is 3.98. The van der Waals surface area contributed by atoms with E-state index >= 15 is 0 Å². The molecule has 140 valence electrons. The number of para-hydroxylation sites is 1. The van der Waals surface area contributed by atoms with E-state index in [9.17, 15) is 9.59 Å². The average Bonchev–Trinajstić information content (AvgIpc) is 3.23. The molecule has 2 aliphatic heterocycles. The third kappa shape index (κ3) is 3.97. The van der Waals surface area contributed by atoms with E-state index in [1.165, 1.54) is 5.56 Å².